The summed E-state index contributed by atoms with van der Waals surface area (Å²) in [6, 6.07) is 8.53. The lowest BCUT2D eigenvalue weighted by molar-refractivity contribution is -0.126. The van der Waals surface area contributed by atoms with Gasteiger partial charge in [0, 0.05) is 19.3 Å². The summed E-state index contributed by atoms with van der Waals surface area (Å²) in [7, 11) is -3.83. The second-order valence-corrected chi connectivity index (χ2v) is 12.9. The molecule has 12 heteroatoms. The lowest BCUT2D eigenvalue weighted by Gasteiger charge is -2.32. The highest BCUT2D eigenvalue weighted by Gasteiger charge is 2.36. The average Bonchev–Trinajstić information content (AvgIpc) is 2.96. The number of benzene rings is 1. The maximum Gasteiger partial charge on any atom is 0.253 e. The number of amides is 3. The largest absolute Gasteiger partial charge is 0.388 e. The lowest BCUT2D eigenvalue weighted by Crippen LogP contribution is -2.59. The Kier molecular flexibility index (Phi) is 14.1. The molecule has 0 saturated carbocycles. The molecule has 2 rings (SSSR count). The molecule has 3 amide bonds. The highest BCUT2D eigenvalue weighted by atomic mass is 32.2. The molecule has 5 N–H and O–H groups in total. The Hall–Kier alpha value is -3.35. The number of nitrogens with one attached hydrogen (secondary N) is 3. The fourth-order valence-corrected chi connectivity index (χ4v) is 6.95. The number of carbonyl (C=O) groups excluding carboxylic acids is 3. The van der Waals surface area contributed by atoms with Crippen LogP contribution >= 0.6 is 0 Å². The van der Waals surface area contributed by atoms with Gasteiger partial charge in [0.15, 0.2) is 9.84 Å². The number of pyridine rings is 1. The zero-order valence-corrected chi connectivity index (χ0v) is 25.5. The summed E-state index contributed by atoms with van der Waals surface area (Å²) in [5, 5.41) is 29.0. The lowest BCUT2D eigenvalue weighted by atomic mass is 9.94. The number of aromatic nitrogens is 1. The van der Waals surface area contributed by atoms with Gasteiger partial charge in [-0.05, 0) is 43.9 Å². The molecule has 0 saturated heterocycles. The van der Waals surface area contributed by atoms with Crippen molar-refractivity contribution in [2.45, 2.75) is 95.4 Å². The van der Waals surface area contributed by atoms with Gasteiger partial charge in [-0.15, -0.1) is 0 Å². The predicted molar refractivity (Wildman–Crippen MR) is 160 cm³/mol. The van der Waals surface area contributed by atoms with E-state index < -0.39 is 68.9 Å². The molecule has 5 atom stereocenters. The monoisotopic (exact) mass is 604 g/mol. The molecular formula is C30H44N4O7S. The molecular weight excluding hydrogens is 560 g/mol. The molecule has 1 heterocycles. The first-order valence-electron chi connectivity index (χ1n) is 14.3. The quantitative estimate of drug-likeness (QED) is 0.181. The second-order valence-electron chi connectivity index (χ2n) is 10.6. The van der Waals surface area contributed by atoms with Gasteiger partial charge >= 0.3 is 0 Å². The van der Waals surface area contributed by atoms with Gasteiger partial charge in [0.2, 0.25) is 11.8 Å². The third-order valence-corrected chi connectivity index (χ3v) is 9.29. The zero-order chi connectivity index (χ0) is 31.3. The molecule has 0 aliphatic heterocycles. The van der Waals surface area contributed by atoms with E-state index in [2.05, 4.69) is 20.9 Å². The van der Waals surface area contributed by atoms with Crippen molar-refractivity contribution in [1.82, 2.24) is 20.9 Å². The van der Waals surface area contributed by atoms with Crippen LogP contribution in [0.1, 0.15) is 69.3 Å². The van der Waals surface area contributed by atoms with Gasteiger partial charge < -0.3 is 26.2 Å². The Morgan fingerprint density at radius 3 is 2.10 bits per heavy atom. The van der Waals surface area contributed by atoms with Gasteiger partial charge in [0.25, 0.3) is 5.91 Å². The van der Waals surface area contributed by atoms with Crippen molar-refractivity contribution in [2.75, 3.05) is 5.75 Å². The first-order chi connectivity index (χ1) is 19.9. The second kappa shape index (κ2) is 16.9. The van der Waals surface area contributed by atoms with Crippen LogP contribution in [0.15, 0.2) is 54.9 Å². The summed E-state index contributed by atoms with van der Waals surface area (Å²) >= 11 is 0. The summed E-state index contributed by atoms with van der Waals surface area (Å²) in [4.78, 5) is 42.2. The van der Waals surface area contributed by atoms with E-state index >= 15 is 0 Å². The fourth-order valence-electron chi connectivity index (χ4n) is 4.79. The molecule has 11 nitrogen and oxygen atoms in total. The standard InChI is InChI=1S/C30H44N4O7S/c1-5-11-24(12-6-2)42(40,41)19-26(34-29(38)23-15-10-16-31-18-23)30(39)33-25(17-22-13-8-7-9-14-22)28(37)27(36)20(3)32-21(4)35/h7-10,13-16,18,20,24-28,36-37H,5-6,11-12,17,19H2,1-4H3,(H,32,35)(H,33,39)(H,34,38)/t20-,25+,26-,27-,28-/m1/s1. The number of aliphatic hydroxyl groups excluding tert-OH is 2. The molecule has 0 unspecified atom stereocenters. The number of carbonyl (C=O) groups is 3. The number of sulfone groups is 1. The van der Waals surface area contributed by atoms with Crippen LogP contribution < -0.4 is 16.0 Å². The van der Waals surface area contributed by atoms with E-state index in [4.69, 9.17) is 0 Å². The van der Waals surface area contributed by atoms with Gasteiger partial charge in [0.05, 0.1) is 28.6 Å². The maximum absolute atomic E-state index is 13.7. The minimum absolute atomic E-state index is 0.0852. The van der Waals surface area contributed by atoms with Crippen LogP contribution in [0.3, 0.4) is 0 Å². The Balaban J connectivity index is 2.41. The molecule has 0 spiro atoms. The van der Waals surface area contributed by atoms with Gasteiger partial charge in [-0.25, -0.2) is 8.42 Å². The van der Waals surface area contributed by atoms with E-state index in [0.717, 1.165) is 5.56 Å². The van der Waals surface area contributed by atoms with E-state index in [1.807, 2.05) is 13.8 Å². The van der Waals surface area contributed by atoms with Crippen LogP contribution in [0, 0.1) is 0 Å². The third kappa shape index (κ3) is 10.8. The van der Waals surface area contributed by atoms with Crippen molar-refractivity contribution < 1.29 is 33.0 Å². The number of rotatable bonds is 17. The van der Waals surface area contributed by atoms with Crippen LogP contribution in [0.4, 0.5) is 0 Å². The van der Waals surface area contributed by atoms with Gasteiger partial charge in [0.1, 0.15) is 18.2 Å². The third-order valence-electron chi connectivity index (χ3n) is 7.01. The molecule has 0 aliphatic rings. The van der Waals surface area contributed by atoms with E-state index in [-0.39, 0.29) is 12.0 Å². The summed E-state index contributed by atoms with van der Waals surface area (Å²) in [5.41, 5.74) is 0.877. The molecule has 42 heavy (non-hydrogen) atoms. The van der Waals surface area contributed by atoms with E-state index in [1.165, 1.54) is 32.3 Å². The Labute approximate surface area is 248 Å². The predicted octanol–water partition coefficient (Wildman–Crippen LogP) is 1.54. The van der Waals surface area contributed by atoms with Crippen LogP contribution in [0.5, 0.6) is 0 Å². The zero-order valence-electron chi connectivity index (χ0n) is 24.7. The average molecular weight is 605 g/mol. The maximum atomic E-state index is 13.7. The smallest absolute Gasteiger partial charge is 0.253 e. The van der Waals surface area contributed by atoms with Crippen molar-refractivity contribution >= 4 is 27.6 Å². The molecule has 0 radical (unpaired) electrons. The van der Waals surface area contributed by atoms with Crippen molar-refractivity contribution in [3.8, 4) is 0 Å². The van der Waals surface area contributed by atoms with Crippen molar-refractivity contribution in [3.63, 3.8) is 0 Å². The molecule has 1 aromatic heterocycles. The van der Waals surface area contributed by atoms with Crippen LogP contribution in [-0.4, -0.2) is 82.7 Å². The highest BCUT2D eigenvalue weighted by Crippen LogP contribution is 2.18. The van der Waals surface area contributed by atoms with Gasteiger partial charge in [-0.2, -0.15) is 0 Å². The molecule has 0 fully saturated rings. The molecule has 0 aliphatic carbocycles. The SMILES string of the molecule is CCCC(CCC)S(=O)(=O)C[C@@H](NC(=O)c1cccnc1)C(=O)N[C@@H](Cc1ccccc1)[C@@H](O)[C@H](O)[C@@H](C)NC(C)=O. The molecule has 0 bridgehead atoms. The van der Waals surface area contributed by atoms with Crippen molar-refractivity contribution in [1.29, 1.82) is 0 Å². The number of aliphatic hydroxyl groups is 2. The molecule has 232 valence electrons. The van der Waals surface area contributed by atoms with E-state index in [0.29, 0.717) is 25.7 Å². The van der Waals surface area contributed by atoms with Crippen LogP contribution in [-0.2, 0) is 25.8 Å². The minimum atomic E-state index is -3.83. The normalized spacial score (nSPS) is 15.2. The van der Waals surface area contributed by atoms with Crippen molar-refractivity contribution in [2.24, 2.45) is 0 Å². The number of hydrogen-bond acceptors (Lipinski definition) is 8. The van der Waals surface area contributed by atoms with Crippen LogP contribution in [0.25, 0.3) is 0 Å². The first-order valence-corrected chi connectivity index (χ1v) is 16.0. The molecule has 2 aromatic rings. The van der Waals surface area contributed by atoms with E-state index in [9.17, 15) is 33.0 Å². The van der Waals surface area contributed by atoms with Crippen molar-refractivity contribution in [3.05, 3.63) is 66.0 Å². The Morgan fingerprint density at radius 2 is 1.55 bits per heavy atom. The summed E-state index contributed by atoms with van der Waals surface area (Å²) < 4.78 is 27.0. The highest BCUT2D eigenvalue weighted by molar-refractivity contribution is 7.92. The summed E-state index contributed by atoms with van der Waals surface area (Å²) in [5.74, 6) is -2.56. The van der Waals surface area contributed by atoms with Gasteiger partial charge in [-0.1, -0.05) is 57.0 Å². The Bertz CT molecular complexity index is 1240. The van der Waals surface area contributed by atoms with E-state index in [1.54, 1.807) is 36.4 Å². The topological polar surface area (TPSA) is 175 Å². The first kappa shape index (κ1) is 34.8. The number of nitrogens with zero attached hydrogens (tertiary/aromatic N) is 1. The summed E-state index contributed by atoms with van der Waals surface area (Å²) in [6.45, 7) is 6.56. The fraction of sp³-hybridized carbons (Fsp3) is 0.533. The molecule has 1 aromatic carbocycles. The number of hydrogen-bond donors (Lipinski definition) is 5. The van der Waals surface area contributed by atoms with Gasteiger partial charge in [-0.3, -0.25) is 19.4 Å². The van der Waals surface area contributed by atoms with Crippen LogP contribution in [0.2, 0.25) is 0 Å². The minimum Gasteiger partial charge on any atom is -0.388 e. The Morgan fingerprint density at radius 1 is 0.905 bits per heavy atom. The summed E-state index contributed by atoms with van der Waals surface area (Å²) in [6.07, 6.45) is 1.97.